The maximum Gasteiger partial charge on any atom is 0.459 e. The highest BCUT2D eigenvalue weighted by Crippen LogP contribution is 2.46. The Balaban J connectivity index is 1.80. The smallest absolute Gasteiger partial charge is 0.459 e. The summed E-state index contributed by atoms with van der Waals surface area (Å²) in [5, 5.41) is 36.3. The number of aliphatic carboxylic acids is 1. The van der Waals surface area contributed by atoms with Gasteiger partial charge in [-0.2, -0.15) is 14.9 Å². The SMILES string of the molecule is CC(N[P@](=O)(OC[C@H]1O[C@@H](n2ncc(=O)[nH]c2=O)[C@](C)(O)[C@@H]1O)Oc1ccccc1)C(=O)O. The third-order valence-corrected chi connectivity index (χ3v) is 6.46. The van der Waals surface area contributed by atoms with Crippen molar-refractivity contribution in [2.24, 2.45) is 0 Å². The van der Waals surface area contributed by atoms with Crippen LogP contribution in [0.15, 0.2) is 46.1 Å². The molecule has 1 fully saturated rings. The van der Waals surface area contributed by atoms with Crippen molar-refractivity contribution in [3.8, 4) is 5.75 Å². The summed E-state index contributed by atoms with van der Waals surface area (Å²) >= 11 is 0. The number of rotatable bonds is 9. The predicted molar refractivity (Wildman–Crippen MR) is 111 cm³/mol. The minimum absolute atomic E-state index is 0.118. The van der Waals surface area contributed by atoms with E-state index in [4.69, 9.17) is 18.9 Å². The van der Waals surface area contributed by atoms with E-state index in [1.165, 1.54) is 26.0 Å². The molecule has 6 atom stereocenters. The van der Waals surface area contributed by atoms with Gasteiger partial charge in [0.2, 0.25) is 0 Å². The van der Waals surface area contributed by atoms with Crippen LogP contribution in [0.5, 0.6) is 5.75 Å². The van der Waals surface area contributed by atoms with Gasteiger partial charge in [0, 0.05) is 0 Å². The number of hydrogen-bond donors (Lipinski definition) is 5. The van der Waals surface area contributed by atoms with E-state index in [0.29, 0.717) is 4.68 Å². The molecule has 1 unspecified atom stereocenters. The Bertz CT molecular complexity index is 1150. The van der Waals surface area contributed by atoms with Gasteiger partial charge in [0.15, 0.2) is 6.23 Å². The number of hydrogen-bond acceptors (Lipinski definition) is 10. The number of aliphatic hydroxyl groups is 2. The summed E-state index contributed by atoms with van der Waals surface area (Å²) in [6.07, 6.45) is -3.72. The second-order valence-electron chi connectivity index (χ2n) is 7.47. The lowest BCUT2D eigenvalue weighted by Crippen LogP contribution is -2.47. The number of carboxylic acid groups (broad SMARTS) is 1. The maximum atomic E-state index is 13.2. The third kappa shape index (κ3) is 5.55. The molecule has 14 nitrogen and oxygen atoms in total. The Morgan fingerprint density at radius 2 is 2.06 bits per heavy atom. The lowest BCUT2D eigenvalue weighted by molar-refractivity contribution is -0.138. The third-order valence-electron chi connectivity index (χ3n) is 4.81. The van der Waals surface area contributed by atoms with Crippen LogP contribution < -0.4 is 20.9 Å². The van der Waals surface area contributed by atoms with Gasteiger partial charge in [-0.25, -0.2) is 9.36 Å². The molecular weight excluding hydrogens is 463 g/mol. The number of nitrogens with one attached hydrogen (secondary N) is 2. The van der Waals surface area contributed by atoms with Crippen LogP contribution in [0, 0.1) is 0 Å². The number of nitrogens with zero attached hydrogens (tertiary/aromatic N) is 2. The van der Waals surface area contributed by atoms with Crippen molar-refractivity contribution in [2.75, 3.05) is 6.61 Å². The number of carbonyl (C=O) groups is 1. The van der Waals surface area contributed by atoms with E-state index >= 15 is 0 Å². The molecule has 1 aromatic heterocycles. The van der Waals surface area contributed by atoms with Crippen LogP contribution in [0.1, 0.15) is 20.1 Å². The van der Waals surface area contributed by atoms with E-state index in [2.05, 4.69) is 10.2 Å². The van der Waals surface area contributed by atoms with Crippen molar-refractivity contribution in [1.82, 2.24) is 19.9 Å². The van der Waals surface area contributed by atoms with E-state index in [0.717, 1.165) is 6.20 Å². The normalized spacial score (nSPS) is 27.6. The summed E-state index contributed by atoms with van der Waals surface area (Å²) in [4.78, 5) is 36.5. The van der Waals surface area contributed by atoms with Crippen molar-refractivity contribution in [3.05, 3.63) is 57.4 Å². The minimum atomic E-state index is -4.32. The summed E-state index contributed by atoms with van der Waals surface area (Å²) in [6, 6.07) is 6.50. The van der Waals surface area contributed by atoms with Crippen LogP contribution in [0.2, 0.25) is 0 Å². The fraction of sp³-hybridized carbons (Fsp3) is 0.444. The number of aliphatic hydroxyl groups excluding tert-OH is 1. The number of aromatic amines is 1. The molecule has 1 saturated heterocycles. The Morgan fingerprint density at radius 3 is 2.67 bits per heavy atom. The van der Waals surface area contributed by atoms with E-state index in [1.54, 1.807) is 18.2 Å². The minimum Gasteiger partial charge on any atom is -0.480 e. The van der Waals surface area contributed by atoms with Gasteiger partial charge in [-0.15, -0.1) is 0 Å². The Kier molecular flexibility index (Phi) is 7.17. The molecule has 0 amide bonds. The van der Waals surface area contributed by atoms with Gasteiger partial charge in [-0.1, -0.05) is 18.2 Å². The van der Waals surface area contributed by atoms with Crippen LogP contribution >= 0.6 is 7.75 Å². The molecule has 0 bridgehead atoms. The zero-order valence-corrected chi connectivity index (χ0v) is 18.4. The largest absolute Gasteiger partial charge is 0.480 e. The molecule has 3 rings (SSSR count). The number of para-hydroxylation sites is 1. The maximum absolute atomic E-state index is 13.2. The van der Waals surface area contributed by atoms with Crippen molar-refractivity contribution >= 4 is 13.7 Å². The quantitative estimate of drug-likeness (QED) is 0.277. The van der Waals surface area contributed by atoms with Gasteiger partial charge in [-0.3, -0.25) is 19.1 Å². The van der Waals surface area contributed by atoms with Crippen LogP contribution in [0.3, 0.4) is 0 Å². The van der Waals surface area contributed by atoms with Gasteiger partial charge in [0.1, 0.15) is 35.8 Å². The van der Waals surface area contributed by atoms with Gasteiger partial charge < -0.3 is 24.6 Å². The molecule has 0 radical (unpaired) electrons. The fourth-order valence-corrected chi connectivity index (χ4v) is 4.55. The van der Waals surface area contributed by atoms with E-state index in [-0.39, 0.29) is 5.75 Å². The van der Waals surface area contributed by atoms with Crippen molar-refractivity contribution in [2.45, 2.75) is 43.9 Å². The first kappa shape index (κ1) is 24.8. The number of aromatic nitrogens is 3. The molecule has 15 heteroatoms. The number of ether oxygens (including phenoxy) is 1. The summed E-state index contributed by atoms with van der Waals surface area (Å²) in [5.74, 6) is -1.20. The number of H-pyrrole nitrogens is 1. The average molecular weight is 486 g/mol. The van der Waals surface area contributed by atoms with Gasteiger partial charge in [0.05, 0.1) is 6.61 Å². The standard InChI is InChI=1S/C18H23N4O10P/c1-10(15(25)26)21-33(29,32-11-6-4-3-5-7-11)30-9-12-14(24)18(2,28)16(31-12)22-17(27)20-13(23)8-19-22/h3-8,10,12,14,16,24,28H,9H2,1-2H3,(H,21,29)(H,25,26)(H,20,23,27)/t10?,12-,14-,16-,18-,33+/m1/s1. The number of carboxylic acids is 1. The topological polar surface area (TPSA) is 202 Å². The lowest BCUT2D eigenvalue weighted by atomic mass is 9.97. The van der Waals surface area contributed by atoms with Crippen molar-refractivity contribution in [3.63, 3.8) is 0 Å². The van der Waals surface area contributed by atoms with Crippen LogP contribution in [0.25, 0.3) is 0 Å². The Morgan fingerprint density at radius 1 is 1.39 bits per heavy atom. The predicted octanol–water partition coefficient (Wildman–Crippen LogP) is -0.793. The zero-order chi connectivity index (χ0) is 24.4. The first-order chi connectivity index (χ1) is 15.4. The molecule has 0 saturated carbocycles. The molecule has 2 aromatic rings. The highest BCUT2D eigenvalue weighted by Gasteiger charge is 2.54. The van der Waals surface area contributed by atoms with Crippen LogP contribution in [0.4, 0.5) is 0 Å². The summed E-state index contributed by atoms with van der Waals surface area (Å²) < 4.78 is 30.1. The fourth-order valence-electron chi connectivity index (χ4n) is 3.04. The average Bonchev–Trinajstić information content (AvgIpc) is 2.96. The highest BCUT2D eigenvalue weighted by molar-refractivity contribution is 7.52. The van der Waals surface area contributed by atoms with Crippen molar-refractivity contribution in [1.29, 1.82) is 0 Å². The summed E-state index contributed by atoms with van der Waals surface area (Å²) in [7, 11) is -4.32. The van der Waals surface area contributed by atoms with E-state index in [1.807, 2.05) is 4.98 Å². The first-order valence-corrected chi connectivity index (χ1v) is 11.2. The number of benzene rings is 1. The molecule has 1 aliphatic rings. The van der Waals surface area contributed by atoms with Gasteiger partial charge >= 0.3 is 19.4 Å². The monoisotopic (exact) mass is 486 g/mol. The van der Waals surface area contributed by atoms with Gasteiger partial charge in [-0.05, 0) is 26.0 Å². The molecule has 0 spiro atoms. The zero-order valence-electron chi connectivity index (χ0n) is 17.5. The van der Waals surface area contributed by atoms with Crippen molar-refractivity contribution < 1.29 is 38.5 Å². The van der Waals surface area contributed by atoms with E-state index < -0.39 is 61.7 Å². The second kappa shape index (κ2) is 9.55. The molecule has 2 heterocycles. The molecule has 1 aromatic carbocycles. The Labute approximate surface area is 186 Å². The molecular formula is C18H23N4O10P. The summed E-state index contributed by atoms with van der Waals surface area (Å²) in [5.41, 5.74) is -3.82. The molecule has 33 heavy (non-hydrogen) atoms. The van der Waals surface area contributed by atoms with Gasteiger partial charge in [0.25, 0.3) is 5.56 Å². The molecule has 1 aliphatic heterocycles. The summed E-state index contributed by atoms with van der Waals surface area (Å²) in [6.45, 7) is 1.77. The highest BCUT2D eigenvalue weighted by atomic mass is 31.2. The first-order valence-electron chi connectivity index (χ1n) is 9.67. The molecule has 180 valence electrons. The van der Waals surface area contributed by atoms with Crippen LogP contribution in [-0.2, 0) is 18.6 Å². The lowest BCUT2D eigenvalue weighted by Gasteiger charge is -2.26. The second-order valence-corrected chi connectivity index (χ2v) is 9.16. The molecule has 0 aliphatic carbocycles. The van der Waals surface area contributed by atoms with E-state index in [9.17, 15) is 29.2 Å². The Hall–Kier alpha value is -2.87. The van der Waals surface area contributed by atoms with Crippen LogP contribution in [-0.4, -0.2) is 66.5 Å². The molecule has 5 N–H and O–H groups in total.